The van der Waals surface area contributed by atoms with Gasteiger partial charge < -0.3 is 0 Å². The zero-order chi connectivity index (χ0) is 33.5. The van der Waals surface area contributed by atoms with Crippen molar-refractivity contribution in [2.24, 2.45) is 11.8 Å². The average Bonchev–Trinajstić information content (AvgIpc) is 3.06. The molecule has 0 aliphatic rings. The lowest BCUT2D eigenvalue weighted by molar-refractivity contribution is 0.503. The SMILES string of the molecule is C=C(CCCCCCCCCC(C)C)c1ccccc1.C=C(CCCCCCCCCCCCCCCC(C)C)c1ccccc1. The first-order valence-corrected chi connectivity index (χ1v) is 19.9. The summed E-state index contributed by atoms with van der Waals surface area (Å²) in [6, 6.07) is 21.2. The summed E-state index contributed by atoms with van der Waals surface area (Å²) in [6.45, 7) is 17.7. The molecule has 0 atom stereocenters. The van der Waals surface area contributed by atoms with Crippen LogP contribution in [0, 0.1) is 11.8 Å². The third-order valence-corrected chi connectivity index (χ3v) is 9.38. The van der Waals surface area contributed by atoms with Crippen molar-refractivity contribution in [1.82, 2.24) is 0 Å². The highest BCUT2D eigenvalue weighted by atomic mass is 14.1. The molecule has 0 heterocycles. The van der Waals surface area contributed by atoms with E-state index in [4.69, 9.17) is 0 Å². The fourth-order valence-electron chi connectivity index (χ4n) is 6.25. The summed E-state index contributed by atoms with van der Waals surface area (Å²) in [5.41, 5.74) is 5.21. The molecule has 46 heavy (non-hydrogen) atoms. The van der Waals surface area contributed by atoms with Crippen LogP contribution in [0.15, 0.2) is 73.8 Å². The van der Waals surface area contributed by atoms with Crippen LogP contribution >= 0.6 is 0 Å². The van der Waals surface area contributed by atoms with E-state index in [0.29, 0.717) is 0 Å². The van der Waals surface area contributed by atoms with Crippen molar-refractivity contribution in [3.63, 3.8) is 0 Å². The maximum atomic E-state index is 4.23. The Morgan fingerprint density at radius 3 is 0.870 bits per heavy atom. The lowest BCUT2D eigenvalue weighted by Gasteiger charge is -2.06. The Morgan fingerprint density at radius 2 is 0.609 bits per heavy atom. The molecule has 2 aromatic carbocycles. The highest BCUT2D eigenvalue weighted by Crippen LogP contribution is 2.21. The molecule has 0 saturated heterocycles. The summed E-state index contributed by atoms with van der Waals surface area (Å²) in [4.78, 5) is 0. The van der Waals surface area contributed by atoms with Gasteiger partial charge in [-0.3, -0.25) is 0 Å². The number of hydrogen-bond acceptors (Lipinski definition) is 0. The smallest absolute Gasteiger partial charge is 0.0230 e. The molecule has 0 fully saturated rings. The highest BCUT2D eigenvalue weighted by molar-refractivity contribution is 5.63. The molecular weight excluding hydrogens is 553 g/mol. The monoisotopic (exact) mass is 629 g/mol. The maximum Gasteiger partial charge on any atom is -0.0230 e. The first kappa shape index (κ1) is 41.9. The average molecular weight is 629 g/mol. The summed E-state index contributed by atoms with van der Waals surface area (Å²) < 4.78 is 0. The van der Waals surface area contributed by atoms with Crippen molar-refractivity contribution >= 4 is 11.1 Å². The zero-order valence-electron chi connectivity index (χ0n) is 31.3. The van der Waals surface area contributed by atoms with Gasteiger partial charge in [0.05, 0.1) is 0 Å². The molecule has 0 bridgehead atoms. The molecule has 0 amide bonds. The minimum atomic E-state index is 0.874. The van der Waals surface area contributed by atoms with Gasteiger partial charge in [0.15, 0.2) is 0 Å². The molecule has 0 spiro atoms. The molecule has 0 aromatic heterocycles. The normalized spacial score (nSPS) is 11.1. The minimum Gasteiger partial charge on any atom is -0.0952 e. The van der Waals surface area contributed by atoms with Crippen LogP contribution < -0.4 is 0 Å². The number of rotatable bonds is 28. The van der Waals surface area contributed by atoms with Gasteiger partial charge in [-0.2, -0.15) is 0 Å². The summed E-state index contributed by atoms with van der Waals surface area (Å²) >= 11 is 0. The first-order chi connectivity index (χ1) is 22.4. The molecule has 0 aliphatic heterocycles. The highest BCUT2D eigenvalue weighted by Gasteiger charge is 2.00. The van der Waals surface area contributed by atoms with Crippen molar-refractivity contribution < 1.29 is 0 Å². The molecule has 0 N–H and O–H groups in total. The van der Waals surface area contributed by atoms with Crippen LogP contribution in [0.3, 0.4) is 0 Å². The van der Waals surface area contributed by atoms with E-state index in [-0.39, 0.29) is 0 Å². The molecule has 2 rings (SSSR count). The van der Waals surface area contributed by atoms with E-state index in [1.54, 1.807) is 0 Å². The van der Waals surface area contributed by atoms with Crippen LogP contribution in [0.2, 0.25) is 0 Å². The maximum absolute atomic E-state index is 4.23. The molecular formula is C46H76. The summed E-state index contributed by atoms with van der Waals surface area (Å²) in [5.74, 6) is 1.76. The summed E-state index contributed by atoms with van der Waals surface area (Å²) in [5, 5.41) is 0. The second-order valence-electron chi connectivity index (χ2n) is 14.9. The molecule has 2 aromatic rings. The van der Waals surface area contributed by atoms with Gasteiger partial charge in [0.25, 0.3) is 0 Å². The van der Waals surface area contributed by atoms with Crippen molar-refractivity contribution in [1.29, 1.82) is 0 Å². The molecule has 0 aliphatic carbocycles. The summed E-state index contributed by atoms with van der Waals surface area (Å²) in [6.07, 6.45) is 33.4. The van der Waals surface area contributed by atoms with Crippen molar-refractivity contribution in [3.8, 4) is 0 Å². The number of unbranched alkanes of at least 4 members (excludes halogenated alkanes) is 18. The number of allylic oxidation sites excluding steroid dienone is 2. The largest absolute Gasteiger partial charge is 0.0952 e. The minimum absolute atomic E-state index is 0.874. The predicted molar refractivity (Wildman–Crippen MR) is 211 cm³/mol. The molecule has 0 nitrogen and oxygen atoms in total. The Hall–Kier alpha value is -2.08. The van der Waals surface area contributed by atoms with Gasteiger partial charge in [0.2, 0.25) is 0 Å². The van der Waals surface area contributed by atoms with Gasteiger partial charge in [0, 0.05) is 0 Å². The Bertz CT molecular complexity index is 935. The lowest BCUT2D eigenvalue weighted by Crippen LogP contribution is -1.87. The second-order valence-corrected chi connectivity index (χ2v) is 14.9. The number of hydrogen-bond donors (Lipinski definition) is 0. The molecule has 0 unspecified atom stereocenters. The number of benzene rings is 2. The molecule has 0 heteroatoms. The van der Waals surface area contributed by atoms with E-state index in [1.807, 2.05) is 0 Å². The van der Waals surface area contributed by atoms with Crippen molar-refractivity contribution in [3.05, 3.63) is 84.9 Å². The second kappa shape index (κ2) is 30.3. The predicted octanol–water partition coefficient (Wildman–Crippen LogP) is 16.1. The van der Waals surface area contributed by atoms with E-state index in [2.05, 4.69) is 102 Å². The Balaban J connectivity index is 0.000000476. The van der Waals surface area contributed by atoms with Gasteiger partial charge in [-0.25, -0.2) is 0 Å². The van der Waals surface area contributed by atoms with Crippen LogP contribution in [-0.4, -0.2) is 0 Å². The van der Waals surface area contributed by atoms with Crippen molar-refractivity contribution in [2.45, 2.75) is 182 Å². The van der Waals surface area contributed by atoms with E-state index in [1.165, 1.54) is 164 Å². The van der Waals surface area contributed by atoms with Crippen LogP contribution in [0.5, 0.6) is 0 Å². The summed E-state index contributed by atoms with van der Waals surface area (Å²) in [7, 11) is 0. The fraction of sp³-hybridized carbons (Fsp3) is 0.652. The van der Waals surface area contributed by atoms with Gasteiger partial charge in [0.1, 0.15) is 0 Å². The van der Waals surface area contributed by atoms with Crippen LogP contribution in [0.1, 0.15) is 193 Å². The first-order valence-electron chi connectivity index (χ1n) is 19.9. The quantitative estimate of drug-likeness (QED) is 0.0822. The van der Waals surface area contributed by atoms with Gasteiger partial charge >= 0.3 is 0 Å². The molecule has 0 radical (unpaired) electrons. The van der Waals surface area contributed by atoms with Gasteiger partial charge in [-0.1, -0.05) is 230 Å². The van der Waals surface area contributed by atoms with Crippen LogP contribution in [-0.2, 0) is 0 Å². The van der Waals surface area contributed by atoms with Crippen molar-refractivity contribution in [2.75, 3.05) is 0 Å². The molecule has 0 saturated carbocycles. The molecule has 260 valence electrons. The van der Waals surface area contributed by atoms with E-state index >= 15 is 0 Å². The third-order valence-electron chi connectivity index (χ3n) is 9.38. The van der Waals surface area contributed by atoms with Crippen LogP contribution in [0.25, 0.3) is 11.1 Å². The topological polar surface area (TPSA) is 0 Å². The fourth-order valence-corrected chi connectivity index (χ4v) is 6.25. The third kappa shape index (κ3) is 26.0. The Kier molecular flexibility index (Phi) is 27.6. The van der Waals surface area contributed by atoms with E-state index in [9.17, 15) is 0 Å². The van der Waals surface area contributed by atoms with Gasteiger partial charge in [-0.15, -0.1) is 0 Å². The Labute approximate surface area is 289 Å². The van der Waals surface area contributed by atoms with E-state index in [0.717, 1.165) is 24.7 Å². The van der Waals surface area contributed by atoms with E-state index < -0.39 is 0 Å². The van der Waals surface area contributed by atoms with Gasteiger partial charge in [-0.05, 0) is 59.8 Å². The van der Waals surface area contributed by atoms with Crippen LogP contribution in [0.4, 0.5) is 0 Å². The Morgan fingerprint density at radius 1 is 0.370 bits per heavy atom. The zero-order valence-corrected chi connectivity index (χ0v) is 31.3. The lowest BCUT2D eigenvalue weighted by atomic mass is 10.00. The standard InChI is InChI=1S/C26H44.C20H32/c1-24(2)20-16-13-11-9-7-5-4-6-8-10-12-14-17-21-25(3)26-22-18-15-19-23-26;1-18(2)14-10-7-5-4-6-8-11-15-19(3)20-16-12-9-13-17-20/h15,18-19,22-24H,3-14,16-17,20-21H2,1-2H3;9,12-13,16-18H,3-8,10-11,14-15H2,1-2H3.